The lowest BCUT2D eigenvalue weighted by Gasteiger charge is -2.30. The fraction of sp³-hybridized carbons (Fsp3) is 0.222. The summed E-state index contributed by atoms with van der Waals surface area (Å²) in [5.41, 5.74) is 1.75. The monoisotopic (exact) mass is 440 g/mol. The van der Waals surface area contributed by atoms with Gasteiger partial charge in [-0.15, -0.1) is 0 Å². The van der Waals surface area contributed by atoms with E-state index in [0.717, 1.165) is 18.7 Å². The maximum atomic E-state index is 13.4. The Bertz CT molecular complexity index is 1280. The first kappa shape index (κ1) is 22.4. The molecule has 0 aliphatic heterocycles. The van der Waals surface area contributed by atoms with Gasteiger partial charge in [-0.3, -0.25) is 14.5 Å². The van der Waals surface area contributed by atoms with Crippen LogP contribution in [0.25, 0.3) is 16.5 Å². The zero-order valence-corrected chi connectivity index (χ0v) is 18.9. The number of fused-ring (bicyclic) bond motifs is 1. The van der Waals surface area contributed by atoms with Crippen molar-refractivity contribution in [3.63, 3.8) is 0 Å². The fourth-order valence-electron chi connectivity index (χ4n) is 4.17. The second-order valence-electron chi connectivity index (χ2n) is 7.80. The van der Waals surface area contributed by atoms with Crippen LogP contribution in [0.4, 0.5) is 0 Å². The Morgan fingerprint density at radius 2 is 1.45 bits per heavy atom. The molecule has 0 saturated carbocycles. The third-order valence-electron chi connectivity index (χ3n) is 5.91. The molecule has 1 atom stereocenters. The number of benzene rings is 3. The van der Waals surface area contributed by atoms with Crippen LogP contribution in [-0.4, -0.2) is 40.2 Å². The van der Waals surface area contributed by atoms with Crippen LogP contribution in [-0.2, 0) is 0 Å². The number of amides is 1. The predicted octanol–water partition coefficient (Wildman–Crippen LogP) is 4.20. The molecule has 0 fully saturated rings. The molecule has 1 N–H and O–H groups in total. The summed E-state index contributed by atoms with van der Waals surface area (Å²) in [6, 6.07) is 26.5. The lowest BCUT2D eigenvalue weighted by atomic mass is 10.0. The Morgan fingerprint density at radius 1 is 0.879 bits per heavy atom. The lowest BCUT2D eigenvalue weighted by molar-refractivity contribution is 0.0930. The molecule has 1 amide bonds. The van der Waals surface area contributed by atoms with Gasteiger partial charge in [-0.2, -0.15) is 9.78 Å². The summed E-state index contributed by atoms with van der Waals surface area (Å²) in [7, 11) is 0. The number of carbonyl (C=O) groups is 1. The van der Waals surface area contributed by atoms with E-state index in [0.29, 0.717) is 23.0 Å². The van der Waals surface area contributed by atoms with Crippen molar-refractivity contribution in [2.75, 3.05) is 19.6 Å². The van der Waals surface area contributed by atoms with Crippen molar-refractivity contribution in [3.05, 3.63) is 107 Å². The smallest absolute Gasteiger partial charge is 0.279 e. The molecule has 0 spiro atoms. The molecule has 3 aromatic carbocycles. The van der Waals surface area contributed by atoms with Crippen LogP contribution in [0.5, 0.6) is 0 Å². The Balaban J connectivity index is 1.70. The summed E-state index contributed by atoms with van der Waals surface area (Å²) >= 11 is 0. The van der Waals surface area contributed by atoms with Gasteiger partial charge in [0.05, 0.1) is 17.1 Å². The van der Waals surface area contributed by atoms with Crippen molar-refractivity contribution < 1.29 is 4.79 Å². The van der Waals surface area contributed by atoms with E-state index < -0.39 is 0 Å². The van der Waals surface area contributed by atoms with Crippen LogP contribution in [0, 0.1) is 0 Å². The maximum absolute atomic E-state index is 13.4. The first-order chi connectivity index (χ1) is 16.1. The number of nitrogens with zero attached hydrogens (tertiary/aromatic N) is 3. The zero-order chi connectivity index (χ0) is 23.2. The Labute approximate surface area is 193 Å². The molecular weight excluding hydrogens is 412 g/mol. The molecule has 0 radical (unpaired) electrons. The number of likely N-dealkylation sites (N-methyl/N-ethyl adjacent to an activating group) is 1. The van der Waals surface area contributed by atoms with Gasteiger partial charge in [0, 0.05) is 11.9 Å². The molecule has 6 heteroatoms. The van der Waals surface area contributed by atoms with Gasteiger partial charge in [0.1, 0.15) is 0 Å². The molecule has 0 aliphatic rings. The minimum absolute atomic E-state index is 0.0384. The van der Waals surface area contributed by atoms with Gasteiger partial charge in [0.15, 0.2) is 5.69 Å². The molecule has 4 aromatic rings. The van der Waals surface area contributed by atoms with Gasteiger partial charge in [-0.1, -0.05) is 80.6 Å². The molecule has 1 aromatic heterocycles. The van der Waals surface area contributed by atoms with Crippen LogP contribution in [0.3, 0.4) is 0 Å². The number of carbonyl (C=O) groups excluding carboxylic acids is 1. The van der Waals surface area contributed by atoms with E-state index >= 15 is 0 Å². The first-order valence-corrected chi connectivity index (χ1v) is 11.3. The van der Waals surface area contributed by atoms with Gasteiger partial charge < -0.3 is 5.32 Å². The van der Waals surface area contributed by atoms with E-state index in [1.165, 1.54) is 4.68 Å². The third-order valence-corrected chi connectivity index (χ3v) is 5.91. The Kier molecular flexibility index (Phi) is 6.95. The Hall–Kier alpha value is -3.77. The second-order valence-corrected chi connectivity index (χ2v) is 7.80. The fourth-order valence-corrected chi connectivity index (χ4v) is 4.17. The van der Waals surface area contributed by atoms with Crippen LogP contribution < -0.4 is 10.9 Å². The molecule has 168 valence electrons. The predicted molar refractivity (Wildman–Crippen MR) is 132 cm³/mol. The summed E-state index contributed by atoms with van der Waals surface area (Å²) < 4.78 is 1.30. The highest BCUT2D eigenvalue weighted by atomic mass is 16.2. The number of hydrogen-bond donors (Lipinski definition) is 1. The summed E-state index contributed by atoms with van der Waals surface area (Å²) in [5, 5.41) is 8.57. The average Bonchev–Trinajstić information content (AvgIpc) is 2.88. The molecule has 0 unspecified atom stereocenters. The number of aromatic nitrogens is 2. The van der Waals surface area contributed by atoms with E-state index in [4.69, 9.17) is 0 Å². The van der Waals surface area contributed by atoms with Gasteiger partial charge in [-0.25, -0.2) is 0 Å². The van der Waals surface area contributed by atoms with Crippen molar-refractivity contribution in [2.24, 2.45) is 0 Å². The van der Waals surface area contributed by atoms with Crippen LogP contribution in [0.2, 0.25) is 0 Å². The van der Waals surface area contributed by atoms with E-state index in [2.05, 4.69) is 41.3 Å². The number of para-hydroxylation sites is 1. The number of hydrogen-bond acceptors (Lipinski definition) is 4. The lowest BCUT2D eigenvalue weighted by Crippen LogP contribution is -2.39. The van der Waals surface area contributed by atoms with Crippen molar-refractivity contribution in [2.45, 2.75) is 19.9 Å². The van der Waals surface area contributed by atoms with E-state index in [1.54, 1.807) is 30.3 Å². The third kappa shape index (κ3) is 4.71. The minimum atomic E-state index is -0.302. The molecule has 0 aliphatic carbocycles. The van der Waals surface area contributed by atoms with Gasteiger partial charge >= 0.3 is 0 Å². The minimum Gasteiger partial charge on any atom is -0.349 e. The SMILES string of the molecule is CCN(CC)[C@H](CNC(=O)c1nn(-c2ccccc2)c(=O)c2ccccc12)c1ccccc1. The molecular formula is C27H28N4O2. The first-order valence-electron chi connectivity index (χ1n) is 11.3. The van der Waals surface area contributed by atoms with Gasteiger partial charge in [0.2, 0.25) is 0 Å². The molecule has 0 bridgehead atoms. The number of rotatable bonds is 8. The summed E-state index contributed by atoms with van der Waals surface area (Å²) in [6.07, 6.45) is 0. The quantitative estimate of drug-likeness (QED) is 0.446. The topological polar surface area (TPSA) is 67.2 Å². The van der Waals surface area contributed by atoms with Crippen molar-refractivity contribution in [1.82, 2.24) is 20.0 Å². The molecule has 1 heterocycles. The summed E-state index contributed by atoms with van der Waals surface area (Å²) in [6.45, 7) is 6.40. The Morgan fingerprint density at radius 3 is 2.09 bits per heavy atom. The van der Waals surface area contributed by atoms with Gasteiger partial charge in [-0.05, 0) is 36.9 Å². The van der Waals surface area contributed by atoms with Gasteiger partial charge in [0.25, 0.3) is 11.5 Å². The van der Waals surface area contributed by atoms with Crippen molar-refractivity contribution in [1.29, 1.82) is 0 Å². The maximum Gasteiger partial charge on any atom is 0.279 e. The average molecular weight is 441 g/mol. The largest absolute Gasteiger partial charge is 0.349 e. The van der Waals surface area contributed by atoms with Crippen molar-refractivity contribution in [3.8, 4) is 5.69 Å². The summed E-state index contributed by atoms with van der Waals surface area (Å²) in [4.78, 5) is 28.8. The van der Waals surface area contributed by atoms with Crippen LogP contribution in [0.1, 0.15) is 35.9 Å². The highest BCUT2D eigenvalue weighted by Gasteiger charge is 2.22. The molecule has 4 rings (SSSR count). The highest BCUT2D eigenvalue weighted by Crippen LogP contribution is 2.20. The van der Waals surface area contributed by atoms with Crippen LogP contribution in [0.15, 0.2) is 89.7 Å². The molecule has 0 saturated heterocycles. The number of nitrogens with one attached hydrogen (secondary N) is 1. The highest BCUT2D eigenvalue weighted by molar-refractivity contribution is 6.04. The van der Waals surface area contributed by atoms with E-state index in [-0.39, 0.29) is 23.2 Å². The molecule has 33 heavy (non-hydrogen) atoms. The second kappa shape index (κ2) is 10.2. The van der Waals surface area contributed by atoms with Crippen molar-refractivity contribution >= 4 is 16.7 Å². The normalized spacial score (nSPS) is 12.1. The van der Waals surface area contributed by atoms with E-state index in [9.17, 15) is 9.59 Å². The summed E-state index contributed by atoms with van der Waals surface area (Å²) in [5.74, 6) is -0.302. The zero-order valence-electron chi connectivity index (χ0n) is 18.9. The molecule has 6 nitrogen and oxygen atoms in total. The standard InChI is InChI=1S/C27H28N4O2/c1-3-30(4-2)24(20-13-7-5-8-14-20)19-28-26(32)25-22-17-11-12-18-23(22)27(33)31(29-25)21-15-9-6-10-16-21/h5-18,24H,3-4,19H2,1-2H3,(H,28,32)/t24-/m1/s1. The van der Waals surface area contributed by atoms with E-state index in [1.807, 2.05) is 42.5 Å². The van der Waals surface area contributed by atoms with Crippen LogP contribution >= 0.6 is 0 Å².